The highest BCUT2D eigenvalue weighted by Gasteiger charge is 2.53. The Morgan fingerprint density at radius 1 is 1.11 bits per heavy atom. The Morgan fingerprint density at radius 2 is 1.81 bits per heavy atom. The first-order chi connectivity index (χ1) is 17.4. The van der Waals surface area contributed by atoms with E-state index < -0.39 is 36.2 Å². The molecule has 2 aliphatic rings. The second-order valence-corrected chi connectivity index (χ2v) is 11.2. The lowest BCUT2D eigenvalue weighted by Gasteiger charge is -2.53. The highest BCUT2D eigenvalue weighted by atomic mass is 35.5. The fourth-order valence-corrected chi connectivity index (χ4v) is 6.26. The van der Waals surface area contributed by atoms with Crippen molar-refractivity contribution in [2.24, 2.45) is 5.41 Å². The molecule has 200 valence electrons. The molecule has 4 atom stereocenters. The largest absolute Gasteiger partial charge is 0.481 e. The summed E-state index contributed by atoms with van der Waals surface area (Å²) in [7, 11) is 0. The van der Waals surface area contributed by atoms with E-state index in [2.05, 4.69) is 0 Å². The van der Waals surface area contributed by atoms with Crippen LogP contribution in [0, 0.1) is 5.41 Å². The van der Waals surface area contributed by atoms with Gasteiger partial charge >= 0.3 is 12.1 Å². The predicted molar refractivity (Wildman–Crippen MR) is 136 cm³/mol. The highest BCUT2D eigenvalue weighted by molar-refractivity contribution is 6.30. The number of carbonyl (C=O) groups excluding carboxylic acids is 1. The average molecular weight is 557 g/mol. The zero-order valence-corrected chi connectivity index (χ0v) is 21.9. The van der Waals surface area contributed by atoms with Crippen LogP contribution in [0.1, 0.15) is 55.7 Å². The Hall–Kier alpha value is -2.29. The van der Waals surface area contributed by atoms with Crippen LogP contribution in [0.4, 0.5) is 13.2 Å². The van der Waals surface area contributed by atoms with E-state index in [1.54, 1.807) is 42.2 Å². The Balaban J connectivity index is 1.83. The van der Waals surface area contributed by atoms with Crippen molar-refractivity contribution in [1.82, 2.24) is 9.80 Å². The summed E-state index contributed by atoms with van der Waals surface area (Å²) in [6, 6.07) is 13.3. The molecule has 1 unspecified atom stereocenters. The molecule has 10 heteroatoms. The van der Waals surface area contributed by atoms with Crippen LogP contribution in [0.5, 0.6) is 0 Å². The van der Waals surface area contributed by atoms with Gasteiger partial charge in [-0.05, 0) is 61.2 Å². The Labute approximate surface area is 224 Å². The number of carbonyl (C=O) groups is 2. The molecule has 2 fully saturated rings. The van der Waals surface area contributed by atoms with Crippen LogP contribution in [0.15, 0.2) is 48.5 Å². The molecule has 1 amide bonds. The minimum Gasteiger partial charge on any atom is -0.481 e. The zero-order chi connectivity index (χ0) is 27.0. The van der Waals surface area contributed by atoms with Crippen LogP contribution in [0.2, 0.25) is 10.0 Å². The Bertz CT molecular complexity index is 1140. The SMILES string of the molecule is C[C@]1(CC(=O)O)C[C@H](c2cccc(Cl)c2)[C@@H](c2ccc(Cl)cc2)N(C2CCCN(CC(F)(F)F)C2)C1=O. The molecule has 0 spiro atoms. The maximum Gasteiger partial charge on any atom is 0.401 e. The van der Waals surface area contributed by atoms with E-state index in [1.807, 2.05) is 18.2 Å². The van der Waals surface area contributed by atoms with Gasteiger partial charge in [0.15, 0.2) is 0 Å². The highest BCUT2D eigenvalue weighted by Crippen LogP contribution is 2.52. The first-order valence-corrected chi connectivity index (χ1v) is 13.0. The van der Waals surface area contributed by atoms with Gasteiger partial charge in [-0.25, -0.2) is 0 Å². The van der Waals surface area contributed by atoms with Gasteiger partial charge in [-0.1, -0.05) is 54.4 Å². The maximum absolute atomic E-state index is 14.1. The first kappa shape index (κ1) is 27.7. The van der Waals surface area contributed by atoms with Crippen LogP contribution in [-0.2, 0) is 9.59 Å². The quantitative estimate of drug-likeness (QED) is 0.437. The van der Waals surface area contributed by atoms with Crippen molar-refractivity contribution < 1.29 is 27.9 Å². The van der Waals surface area contributed by atoms with E-state index in [0.29, 0.717) is 22.9 Å². The molecule has 1 N–H and O–H groups in total. The third kappa shape index (κ3) is 6.41. The molecule has 2 aromatic carbocycles. The molecule has 2 saturated heterocycles. The van der Waals surface area contributed by atoms with Gasteiger partial charge in [0.05, 0.1) is 24.4 Å². The summed E-state index contributed by atoms with van der Waals surface area (Å²) in [5.74, 6) is -1.79. The van der Waals surface area contributed by atoms with Gasteiger partial charge in [0.25, 0.3) is 0 Å². The normalized spacial score (nSPS) is 27.4. The summed E-state index contributed by atoms with van der Waals surface area (Å²) >= 11 is 12.5. The van der Waals surface area contributed by atoms with Crippen LogP contribution in [-0.4, -0.2) is 58.6 Å². The molecule has 2 heterocycles. The van der Waals surface area contributed by atoms with E-state index in [1.165, 1.54) is 4.90 Å². The molecule has 2 aromatic rings. The standard InChI is InChI=1S/C27H29Cl2F3N2O3/c1-26(14-23(35)36)13-22(18-4-2-5-20(29)12-18)24(17-7-9-19(28)10-8-17)34(25(26)37)21-6-3-11-33(15-21)16-27(30,31)32/h2,4-5,7-10,12,21-22,24H,3,6,11,13-16H2,1H3,(H,35,36)/t21?,22-,24-,26-/m1/s1. The van der Waals surface area contributed by atoms with Gasteiger partial charge in [-0.15, -0.1) is 0 Å². The number of hydrogen-bond donors (Lipinski definition) is 1. The number of piperidine rings is 2. The van der Waals surface area contributed by atoms with Crippen LogP contribution < -0.4 is 0 Å². The number of halogens is 5. The molecule has 4 rings (SSSR count). The van der Waals surface area contributed by atoms with E-state index in [0.717, 1.165) is 11.1 Å². The van der Waals surface area contributed by atoms with Gasteiger partial charge < -0.3 is 10.0 Å². The number of carboxylic acids is 1. The van der Waals surface area contributed by atoms with E-state index in [9.17, 15) is 27.9 Å². The van der Waals surface area contributed by atoms with Gasteiger partial charge in [0.2, 0.25) is 5.91 Å². The summed E-state index contributed by atoms with van der Waals surface area (Å²) in [4.78, 5) is 29.0. The Morgan fingerprint density at radius 3 is 2.43 bits per heavy atom. The molecule has 37 heavy (non-hydrogen) atoms. The molecular formula is C27H29Cl2F3N2O3. The summed E-state index contributed by atoms with van der Waals surface area (Å²) in [6.45, 7) is 0.929. The number of likely N-dealkylation sites (tertiary alicyclic amines) is 2. The molecule has 0 saturated carbocycles. The third-order valence-corrected chi connectivity index (χ3v) is 7.90. The van der Waals surface area contributed by atoms with Crippen molar-refractivity contribution in [1.29, 1.82) is 0 Å². The smallest absolute Gasteiger partial charge is 0.401 e. The second kappa shape index (κ2) is 10.8. The number of amides is 1. The van der Waals surface area contributed by atoms with Crippen LogP contribution in [0.3, 0.4) is 0 Å². The predicted octanol–water partition coefficient (Wildman–Crippen LogP) is 6.56. The summed E-state index contributed by atoms with van der Waals surface area (Å²) in [5.41, 5.74) is 0.381. The fourth-order valence-electron chi connectivity index (χ4n) is 5.94. The molecule has 0 aromatic heterocycles. The molecule has 2 aliphatic heterocycles. The molecule has 0 radical (unpaired) electrons. The number of benzene rings is 2. The number of hydrogen-bond acceptors (Lipinski definition) is 3. The second-order valence-electron chi connectivity index (χ2n) is 10.4. The van der Waals surface area contributed by atoms with Gasteiger partial charge in [0.1, 0.15) is 0 Å². The van der Waals surface area contributed by atoms with Crippen LogP contribution >= 0.6 is 23.2 Å². The number of carboxylic acid groups (broad SMARTS) is 1. The number of alkyl halides is 3. The zero-order valence-electron chi connectivity index (χ0n) is 20.3. The minimum absolute atomic E-state index is 0.0563. The van der Waals surface area contributed by atoms with Gasteiger partial charge in [0, 0.05) is 28.5 Å². The average Bonchev–Trinajstić information content (AvgIpc) is 2.80. The maximum atomic E-state index is 14.1. The van der Waals surface area contributed by atoms with E-state index in [4.69, 9.17) is 23.2 Å². The monoisotopic (exact) mass is 556 g/mol. The lowest BCUT2D eigenvalue weighted by Crippen LogP contribution is -2.60. The minimum atomic E-state index is -4.36. The molecule has 5 nitrogen and oxygen atoms in total. The Kier molecular flexibility index (Phi) is 8.12. The van der Waals surface area contributed by atoms with Crippen molar-refractivity contribution in [3.63, 3.8) is 0 Å². The fraction of sp³-hybridized carbons (Fsp3) is 0.481. The van der Waals surface area contributed by atoms with Crippen molar-refractivity contribution in [2.75, 3.05) is 19.6 Å². The lowest BCUT2D eigenvalue weighted by molar-refractivity contribution is -0.166. The van der Waals surface area contributed by atoms with Crippen LogP contribution in [0.25, 0.3) is 0 Å². The van der Waals surface area contributed by atoms with Crippen molar-refractivity contribution in [3.8, 4) is 0 Å². The number of aliphatic carboxylic acids is 1. The van der Waals surface area contributed by atoms with Crippen molar-refractivity contribution in [3.05, 3.63) is 69.7 Å². The first-order valence-electron chi connectivity index (χ1n) is 12.2. The van der Waals surface area contributed by atoms with E-state index >= 15 is 0 Å². The van der Waals surface area contributed by atoms with Crippen molar-refractivity contribution in [2.45, 2.75) is 56.8 Å². The summed E-state index contributed by atoms with van der Waals surface area (Å²) in [5, 5.41) is 10.7. The summed E-state index contributed by atoms with van der Waals surface area (Å²) < 4.78 is 39.7. The molecular weight excluding hydrogens is 528 g/mol. The van der Waals surface area contributed by atoms with Gasteiger partial charge in [-0.3, -0.25) is 14.5 Å². The number of nitrogens with zero attached hydrogens (tertiary/aromatic N) is 2. The lowest BCUT2D eigenvalue weighted by atomic mass is 9.67. The molecule has 0 aliphatic carbocycles. The number of rotatable bonds is 6. The molecule has 0 bridgehead atoms. The van der Waals surface area contributed by atoms with Gasteiger partial charge in [-0.2, -0.15) is 13.2 Å². The van der Waals surface area contributed by atoms with Crippen molar-refractivity contribution >= 4 is 35.1 Å². The summed E-state index contributed by atoms with van der Waals surface area (Å²) in [6.07, 6.45) is -3.47. The third-order valence-electron chi connectivity index (χ3n) is 7.41. The topological polar surface area (TPSA) is 60.9 Å². The van der Waals surface area contributed by atoms with E-state index in [-0.39, 0.29) is 37.8 Å².